The van der Waals surface area contributed by atoms with E-state index in [1.165, 1.54) is 38.5 Å². The molecule has 1 aromatic rings. The molecule has 0 atom stereocenters. The van der Waals surface area contributed by atoms with Crippen LogP contribution in [0, 0.1) is 0 Å². The highest BCUT2D eigenvalue weighted by Gasteiger charge is 2.19. The van der Waals surface area contributed by atoms with Crippen molar-refractivity contribution in [1.29, 1.82) is 0 Å². The van der Waals surface area contributed by atoms with Gasteiger partial charge < -0.3 is 15.8 Å². The molecule has 22 heavy (non-hydrogen) atoms. The van der Waals surface area contributed by atoms with Gasteiger partial charge in [0.25, 0.3) is 0 Å². The van der Waals surface area contributed by atoms with Crippen molar-refractivity contribution in [2.75, 3.05) is 0 Å². The second kappa shape index (κ2) is 7.47. The first-order valence-electron chi connectivity index (χ1n) is 8.47. The van der Waals surface area contributed by atoms with E-state index in [0.29, 0.717) is 30.5 Å². The average Bonchev–Trinajstić information content (AvgIpc) is 2.50. The van der Waals surface area contributed by atoms with Crippen molar-refractivity contribution >= 4 is 5.96 Å². The van der Waals surface area contributed by atoms with E-state index in [1.54, 1.807) is 6.20 Å². The summed E-state index contributed by atoms with van der Waals surface area (Å²) in [6, 6.07) is 4.42. The topological polar surface area (TPSA) is 72.5 Å². The summed E-state index contributed by atoms with van der Waals surface area (Å²) in [7, 11) is 0. The van der Waals surface area contributed by atoms with E-state index >= 15 is 0 Å². The summed E-state index contributed by atoms with van der Waals surface area (Å²) in [4.78, 5) is 8.71. The van der Waals surface area contributed by atoms with Crippen LogP contribution in [0.3, 0.4) is 0 Å². The van der Waals surface area contributed by atoms with Crippen LogP contribution in [0.15, 0.2) is 23.3 Å². The number of aliphatic imine (C=N–C) groups is 1. The molecular weight excluding hydrogens is 276 g/mol. The van der Waals surface area contributed by atoms with Crippen LogP contribution in [0.25, 0.3) is 0 Å². The van der Waals surface area contributed by atoms with E-state index in [1.807, 2.05) is 12.1 Å². The number of ether oxygens (including phenoxy) is 1. The molecule has 0 spiro atoms. The van der Waals surface area contributed by atoms with Gasteiger partial charge in [0.1, 0.15) is 6.10 Å². The Morgan fingerprint density at radius 3 is 2.77 bits per heavy atom. The second-order valence-electron chi connectivity index (χ2n) is 6.35. The molecule has 5 nitrogen and oxygen atoms in total. The average molecular weight is 302 g/mol. The van der Waals surface area contributed by atoms with Gasteiger partial charge >= 0.3 is 0 Å². The molecule has 5 heteroatoms. The third-order valence-corrected chi connectivity index (χ3v) is 4.53. The first kappa shape index (κ1) is 15.1. The Labute approximate surface area is 132 Å². The van der Waals surface area contributed by atoms with Crippen molar-refractivity contribution in [2.24, 2.45) is 10.7 Å². The highest BCUT2D eigenvalue weighted by molar-refractivity contribution is 5.78. The fourth-order valence-corrected chi connectivity index (χ4v) is 2.95. The molecule has 1 aromatic heterocycles. The largest absolute Gasteiger partial charge is 0.474 e. The lowest BCUT2D eigenvalue weighted by molar-refractivity contribution is 0.114. The third-order valence-electron chi connectivity index (χ3n) is 4.53. The lowest BCUT2D eigenvalue weighted by Crippen LogP contribution is -2.41. The van der Waals surface area contributed by atoms with Crippen LogP contribution in [-0.4, -0.2) is 23.1 Å². The smallest absolute Gasteiger partial charge is 0.213 e. The molecule has 0 aromatic carbocycles. The fraction of sp³-hybridized carbons (Fsp3) is 0.647. The van der Waals surface area contributed by atoms with Crippen LogP contribution >= 0.6 is 0 Å². The highest BCUT2D eigenvalue weighted by Crippen LogP contribution is 2.24. The number of rotatable bonds is 5. The number of hydrogen-bond acceptors (Lipinski definition) is 3. The van der Waals surface area contributed by atoms with E-state index < -0.39 is 0 Å². The minimum absolute atomic E-state index is 0.351. The normalized spacial score (nSPS) is 20.5. The summed E-state index contributed by atoms with van der Waals surface area (Å²) in [5.41, 5.74) is 7.08. The van der Waals surface area contributed by atoms with Gasteiger partial charge in [0.05, 0.1) is 6.54 Å². The molecule has 2 aliphatic rings. The first-order valence-corrected chi connectivity index (χ1v) is 8.47. The molecule has 0 bridgehead atoms. The van der Waals surface area contributed by atoms with Crippen molar-refractivity contribution in [1.82, 2.24) is 10.3 Å². The van der Waals surface area contributed by atoms with E-state index in [4.69, 9.17) is 10.5 Å². The number of guanidine groups is 1. The van der Waals surface area contributed by atoms with Crippen molar-refractivity contribution in [2.45, 2.75) is 70.1 Å². The van der Waals surface area contributed by atoms with E-state index in [9.17, 15) is 0 Å². The van der Waals surface area contributed by atoms with Gasteiger partial charge in [0.15, 0.2) is 5.96 Å². The fourth-order valence-electron chi connectivity index (χ4n) is 2.95. The van der Waals surface area contributed by atoms with Gasteiger partial charge in [0.2, 0.25) is 5.88 Å². The summed E-state index contributed by atoms with van der Waals surface area (Å²) >= 11 is 0. The van der Waals surface area contributed by atoms with Crippen LogP contribution < -0.4 is 15.8 Å². The minimum Gasteiger partial charge on any atom is -0.474 e. The van der Waals surface area contributed by atoms with Gasteiger partial charge in [-0.05, 0) is 43.7 Å². The van der Waals surface area contributed by atoms with E-state index in [-0.39, 0.29) is 0 Å². The van der Waals surface area contributed by atoms with Crippen LogP contribution in [0.4, 0.5) is 0 Å². The van der Waals surface area contributed by atoms with Gasteiger partial charge in [0, 0.05) is 18.3 Å². The molecule has 3 rings (SSSR count). The minimum atomic E-state index is 0.351. The number of aromatic nitrogens is 1. The number of hydrogen-bond donors (Lipinski definition) is 2. The van der Waals surface area contributed by atoms with Crippen LogP contribution in [0.2, 0.25) is 0 Å². The third kappa shape index (κ3) is 4.36. The van der Waals surface area contributed by atoms with Gasteiger partial charge in [-0.15, -0.1) is 0 Å². The standard InChI is InChI=1S/C17H26N4O/c18-17(21-14-5-2-1-3-6-14)20-12-13-9-10-19-16(11-13)22-15-7-4-8-15/h9-11,14-15H,1-8,12H2,(H3,18,20,21). The summed E-state index contributed by atoms with van der Waals surface area (Å²) in [6.45, 7) is 0.565. The lowest BCUT2D eigenvalue weighted by Gasteiger charge is -2.25. The molecule has 1 heterocycles. The van der Waals surface area contributed by atoms with Gasteiger partial charge in [-0.2, -0.15) is 0 Å². The predicted octanol–water partition coefficient (Wildman–Crippen LogP) is 2.75. The monoisotopic (exact) mass is 302 g/mol. The quantitative estimate of drug-likeness (QED) is 0.648. The van der Waals surface area contributed by atoms with Gasteiger partial charge in [-0.1, -0.05) is 19.3 Å². The zero-order valence-electron chi connectivity index (χ0n) is 13.1. The van der Waals surface area contributed by atoms with Crippen LogP contribution in [0.5, 0.6) is 5.88 Å². The summed E-state index contributed by atoms with van der Waals surface area (Å²) in [6.07, 6.45) is 12.0. The van der Waals surface area contributed by atoms with Crippen LogP contribution in [0.1, 0.15) is 56.9 Å². The molecule has 120 valence electrons. The Morgan fingerprint density at radius 2 is 2.05 bits per heavy atom. The summed E-state index contributed by atoms with van der Waals surface area (Å²) in [5.74, 6) is 1.25. The number of nitrogens with zero attached hydrogens (tertiary/aromatic N) is 2. The molecule has 2 aliphatic carbocycles. The zero-order chi connectivity index (χ0) is 15.2. The van der Waals surface area contributed by atoms with Crippen molar-refractivity contribution in [3.05, 3.63) is 23.9 Å². The predicted molar refractivity (Wildman–Crippen MR) is 87.8 cm³/mol. The maximum atomic E-state index is 5.99. The number of pyridine rings is 1. The summed E-state index contributed by atoms with van der Waals surface area (Å²) in [5, 5.41) is 3.34. The van der Waals surface area contributed by atoms with Gasteiger partial charge in [-0.3, -0.25) is 0 Å². The Balaban J connectivity index is 1.50. The maximum Gasteiger partial charge on any atom is 0.213 e. The molecular formula is C17H26N4O. The Bertz CT molecular complexity index is 507. The Hall–Kier alpha value is -1.78. The first-order chi connectivity index (χ1) is 10.8. The molecule has 0 unspecified atom stereocenters. The van der Waals surface area contributed by atoms with Gasteiger partial charge in [-0.25, -0.2) is 9.98 Å². The molecule has 2 saturated carbocycles. The van der Waals surface area contributed by atoms with E-state index in [2.05, 4.69) is 15.3 Å². The molecule has 0 radical (unpaired) electrons. The maximum absolute atomic E-state index is 5.99. The lowest BCUT2D eigenvalue weighted by atomic mass is 9.96. The van der Waals surface area contributed by atoms with Crippen molar-refractivity contribution < 1.29 is 4.74 Å². The molecule has 0 aliphatic heterocycles. The highest BCUT2D eigenvalue weighted by atomic mass is 16.5. The molecule has 0 saturated heterocycles. The zero-order valence-corrected chi connectivity index (χ0v) is 13.1. The number of nitrogens with one attached hydrogen (secondary N) is 1. The Morgan fingerprint density at radius 1 is 1.23 bits per heavy atom. The van der Waals surface area contributed by atoms with Crippen molar-refractivity contribution in [3.8, 4) is 5.88 Å². The van der Waals surface area contributed by atoms with E-state index in [0.717, 1.165) is 18.4 Å². The number of nitrogens with two attached hydrogens (primary N) is 1. The second-order valence-corrected chi connectivity index (χ2v) is 6.35. The molecule has 3 N–H and O–H groups in total. The Kier molecular flexibility index (Phi) is 5.14. The molecule has 2 fully saturated rings. The molecule has 0 amide bonds. The summed E-state index contributed by atoms with van der Waals surface area (Å²) < 4.78 is 5.81. The van der Waals surface area contributed by atoms with Crippen molar-refractivity contribution in [3.63, 3.8) is 0 Å². The van der Waals surface area contributed by atoms with Crippen LogP contribution in [-0.2, 0) is 6.54 Å². The SMILES string of the molecule is NC(=NCc1ccnc(OC2CCC2)c1)NC1CCCCC1.